The first kappa shape index (κ1) is 17.9. The van der Waals surface area contributed by atoms with Crippen LogP contribution in [0.4, 0.5) is 0 Å². The van der Waals surface area contributed by atoms with E-state index in [1.807, 2.05) is 13.1 Å². The molecule has 0 aliphatic heterocycles. The van der Waals surface area contributed by atoms with Gasteiger partial charge in [-0.05, 0) is 20.3 Å². The molecular weight excluding hydrogens is 326 g/mol. The lowest BCUT2D eigenvalue weighted by atomic mass is 10.3. The Morgan fingerprint density at radius 3 is 2.78 bits per heavy atom. The highest BCUT2D eigenvalue weighted by Crippen LogP contribution is 2.13. The second-order valence-electron chi connectivity index (χ2n) is 5.12. The van der Waals surface area contributed by atoms with E-state index in [-0.39, 0.29) is 0 Å². The number of nitrogens with zero attached hydrogens (tertiary/aromatic N) is 3. The van der Waals surface area contributed by atoms with Crippen LogP contribution in [-0.4, -0.2) is 35.6 Å². The van der Waals surface area contributed by atoms with E-state index >= 15 is 0 Å². The molecule has 5 nitrogen and oxygen atoms in total. The van der Waals surface area contributed by atoms with Crippen LogP contribution in [0.5, 0.6) is 0 Å². The van der Waals surface area contributed by atoms with E-state index in [2.05, 4.69) is 44.8 Å². The molecule has 23 heavy (non-hydrogen) atoms. The molecule has 2 aromatic rings. The van der Waals surface area contributed by atoms with Crippen LogP contribution in [0.2, 0.25) is 0 Å². The topological polar surface area (TPSA) is 62.2 Å². The lowest BCUT2D eigenvalue weighted by Gasteiger charge is -2.10. The lowest BCUT2D eigenvalue weighted by Crippen LogP contribution is -2.38. The Hall–Kier alpha value is -1.47. The van der Waals surface area contributed by atoms with Crippen LogP contribution in [0, 0.1) is 6.92 Å². The fourth-order valence-electron chi connectivity index (χ4n) is 2.06. The van der Waals surface area contributed by atoms with Gasteiger partial charge in [-0.1, -0.05) is 6.92 Å². The summed E-state index contributed by atoms with van der Waals surface area (Å²) >= 11 is 3.49. The number of hydrogen-bond acceptors (Lipinski definition) is 5. The maximum absolute atomic E-state index is 4.62. The summed E-state index contributed by atoms with van der Waals surface area (Å²) in [5.74, 6) is 0.867. The van der Waals surface area contributed by atoms with Gasteiger partial charge in [-0.25, -0.2) is 9.97 Å². The summed E-state index contributed by atoms with van der Waals surface area (Å²) in [5, 5.41) is 11.1. The van der Waals surface area contributed by atoms with Gasteiger partial charge in [0, 0.05) is 48.9 Å². The molecule has 0 spiro atoms. The van der Waals surface area contributed by atoms with E-state index in [1.54, 1.807) is 22.7 Å². The fraction of sp³-hybridized carbons (Fsp3) is 0.562. The average molecular weight is 352 g/mol. The molecule has 0 atom stereocenters. The van der Waals surface area contributed by atoms with Crippen molar-refractivity contribution in [2.75, 3.05) is 19.6 Å². The normalized spacial score (nSPS) is 11.7. The second-order valence-corrected chi connectivity index (χ2v) is 7.38. The molecule has 0 saturated heterocycles. The number of guanidine groups is 1. The van der Waals surface area contributed by atoms with E-state index in [0.29, 0.717) is 0 Å². The van der Waals surface area contributed by atoms with Crippen LogP contribution in [0.15, 0.2) is 16.6 Å². The van der Waals surface area contributed by atoms with Crippen molar-refractivity contribution in [3.05, 3.63) is 32.2 Å². The zero-order valence-corrected chi connectivity index (χ0v) is 15.7. The molecule has 2 N–H and O–H groups in total. The van der Waals surface area contributed by atoms with Gasteiger partial charge >= 0.3 is 0 Å². The van der Waals surface area contributed by atoms with E-state index in [4.69, 9.17) is 0 Å². The van der Waals surface area contributed by atoms with E-state index < -0.39 is 0 Å². The summed E-state index contributed by atoms with van der Waals surface area (Å²) in [6, 6.07) is 0. The number of hydrogen-bond donors (Lipinski definition) is 2. The van der Waals surface area contributed by atoms with Crippen molar-refractivity contribution in [3.63, 3.8) is 0 Å². The van der Waals surface area contributed by atoms with Gasteiger partial charge in [0.25, 0.3) is 0 Å². The Kier molecular flexibility index (Phi) is 7.48. The van der Waals surface area contributed by atoms with Crippen molar-refractivity contribution in [2.24, 2.45) is 4.99 Å². The average Bonchev–Trinajstić information content (AvgIpc) is 3.16. The molecule has 2 aromatic heterocycles. The Labute approximate surface area is 146 Å². The van der Waals surface area contributed by atoms with Gasteiger partial charge in [-0.15, -0.1) is 22.7 Å². The van der Waals surface area contributed by atoms with Crippen LogP contribution in [0.3, 0.4) is 0 Å². The number of aryl methyl sites for hydroxylation is 2. The van der Waals surface area contributed by atoms with Gasteiger partial charge in [0.05, 0.1) is 15.7 Å². The predicted octanol–water partition coefficient (Wildman–Crippen LogP) is 2.81. The Balaban J connectivity index is 1.77. The van der Waals surface area contributed by atoms with Crippen molar-refractivity contribution in [2.45, 2.75) is 40.0 Å². The highest BCUT2D eigenvalue weighted by Gasteiger charge is 2.02. The number of rotatable bonds is 8. The van der Waals surface area contributed by atoms with Crippen LogP contribution in [0.1, 0.15) is 34.4 Å². The maximum atomic E-state index is 4.62. The SMILES string of the molecule is CCNC(=NCCc1ncc(CC)s1)NCCc1csc(C)n1. The van der Waals surface area contributed by atoms with Gasteiger partial charge in [0.2, 0.25) is 0 Å². The maximum Gasteiger partial charge on any atom is 0.191 e. The molecule has 0 unspecified atom stereocenters. The molecule has 0 fully saturated rings. The highest BCUT2D eigenvalue weighted by atomic mass is 32.1. The zero-order chi connectivity index (χ0) is 16.5. The van der Waals surface area contributed by atoms with Crippen LogP contribution < -0.4 is 10.6 Å². The number of thiazole rings is 2. The summed E-state index contributed by atoms with van der Waals surface area (Å²) in [5.41, 5.74) is 1.14. The lowest BCUT2D eigenvalue weighted by molar-refractivity contribution is 0.787. The Bertz CT molecular complexity index is 618. The molecule has 0 saturated carbocycles. The van der Waals surface area contributed by atoms with Gasteiger partial charge in [0.15, 0.2) is 5.96 Å². The second kappa shape index (κ2) is 9.62. The highest BCUT2D eigenvalue weighted by molar-refractivity contribution is 7.11. The molecular formula is C16H25N5S2. The number of aliphatic imine (C=N–C) groups is 1. The fourth-order valence-corrected chi connectivity index (χ4v) is 3.56. The van der Waals surface area contributed by atoms with E-state index in [0.717, 1.165) is 55.6 Å². The third kappa shape index (κ3) is 6.27. The molecule has 0 aromatic carbocycles. The molecule has 0 bridgehead atoms. The van der Waals surface area contributed by atoms with Gasteiger partial charge < -0.3 is 10.6 Å². The predicted molar refractivity (Wildman–Crippen MR) is 99.7 cm³/mol. The number of aromatic nitrogens is 2. The summed E-state index contributed by atoms with van der Waals surface area (Å²) in [4.78, 5) is 14.9. The molecule has 0 radical (unpaired) electrons. The first-order valence-electron chi connectivity index (χ1n) is 8.08. The Morgan fingerprint density at radius 2 is 2.13 bits per heavy atom. The molecule has 126 valence electrons. The van der Waals surface area contributed by atoms with E-state index in [1.165, 1.54) is 9.88 Å². The van der Waals surface area contributed by atoms with Crippen molar-refractivity contribution >= 4 is 28.6 Å². The Morgan fingerprint density at radius 1 is 1.26 bits per heavy atom. The molecule has 2 heterocycles. The first-order valence-corrected chi connectivity index (χ1v) is 9.77. The third-order valence-electron chi connectivity index (χ3n) is 3.23. The van der Waals surface area contributed by atoms with E-state index in [9.17, 15) is 0 Å². The monoisotopic (exact) mass is 351 g/mol. The van der Waals surface area contributed by atoms with Crippen molar-refractivity contribution in [1.82, 2.24) is 20.6 Å². The molecule has 2 rings (SSSR count). The van der Waals surface area contributed by atoms with Crippen molar-refractivity contribution < 1.29 is 0 Å². The zero-order valence-electron chi connectivity index (χ0n) is 14.1. The van der Waals surface area contributed by atoms with Crippen LogP contribution in [0.25, 0.3) is 0 Å². The first-order chi connectivity index (χ1) is 11.2. The largest absolute Gasteiger partial charge is 0.357 e. The van der Waals surface area contributed by atoms with Crippen LogP contribution in [-0.2, 0) is 19.3 Å². The van der Waals surface area contributed by atoms with Gasteiger partial charge in [-0.2, -0.15) is 0 Å². The minimum Gasteiger partial charge on any atom is -0.357 e. The molecule has 7 heteroatoms. The molecule has 0 amide bonds. The smallest absolute Gasteiger partial charge is 0.191 e. The van der Waals surface area contributed by atoms with Crippen molar-refractivity contribution in [1.29, 1.82) is 0 Å². The van der Waals surface area contributed by atoms with Crippen molar-refractivity contribution in [3.8, 4) is 0 Å². The van der Waals surface area contributed by atoms with Gasteiger partial charge in [-0.3, -0.25) is 4.99 Å². The summed E-state index contributed by atoms with van der Waals surface area (Å²) in [7, 11) is 0. The van der Waals surface area contributed by atoms with Gasteiger partial charge in [0.1, 0.15) is 0 Å². The summed E-state index contributed by atoms with van der Waals surface area (Å²) < 4.78 is 0. The molecule has 0 aliphatic rings. The third-order valence-corrected chi connectivity index (χ3v) is 5.25. The summed E-state index contributed by atoms with van der Waals surface area (Å²) in [6.07, 6.45) is 4.85. The minimum atomic E-state index is 0.752. The quantitative estimate of drug-likeness (QED) is 0.567. The standard InChI is InChI=1S/C16H25N5S2/c1-4-14-10-20-15(23-14)7-9-19-16(17-5-2)18-8-6-13-11-22-12(3)21-13/h10-11H,4-9H2,1-3H3,(H2,17,18,19). The summed E-state index contributed by atoms with van der Waals surface area (Å²) in [6.45, 7) is 8.73. The molecule has 0 aliphatic carbocycles. The minimum absolute atomic E-state index is 0.752. The van der Waals surface area contributed by atoms with Crippen LogP contribution >= 0.6 is 22.7 Å². The number of nitrogens with one attached hydrogen (secondary N) is 2.